The molecule has 1 amide bonds. The van der Waals surface area contributed by atoms with Crippen LogP contribution in [0.15, 0.2) is 23.0 Å². The molecule has 5 nitrogen and oxygen atoms in total. The van der Waals surface area contributed by atoms with E-state index in [-0.39, 0.29) is 11.0 Å². The molecule has 6 heteroatoms. The summed E-state index contributed by atoms with van der Waals surface area (Å²) >= 11 is 1.72. The van der Waals surface area contributed by atoms with Gasteiger partial charge in [-0.1, -0.05) is 0 Å². The van der Waals surface area contributed by atoms with Gasteiger partial charge in [0.25, 0.3) is 0 Å². The second-order valence-corrected chi connectivity index (χ2v) is 7.32. The van der Waals surface area contributed by atoms with Gasteiger partial charge in [-0.3, -0.25) is 4.79 Å². The second kappa shape index (κ2) is 6.36. The van der Waals surface area contributed by atoms with Crippen molar-refractivity contribution < 1.29 is 19.4 Å². The summed E-state index contributed by atoms with van der Waals surface area (Å²) in [4.78, 5) is 24.7. The lowest BCUT2D eigenvalue weighted by Gasteiger charge is -2.31. The summed E-state index contributed by atoms with van der Waals surface area (Å²) in [5.41, 5.74) is 3.40. The van der Waals surface area contributed by atoms with E-state index >= 15 is 0 Å². The Balaban J connectivity index is 1.56. The molecule has 1 fully saturated rings. The van der Waals surface area contributed by atoms with Crippen LogP contribution in [0.25, 0.3) is 0 Å². The third-order valence-corrected chi connectivity index (χ3v) is 6.36. The maximum Gasteiger partial charge on any atom is 0.407 e. The zero-order valence-corrected chi connectivity index (χ0v) is 13.5. The lowest BCUT2D eigenvalue weighted by Crippen LogP contribution is -2.38. The number of ether oxygens (including phenoxy) is 1. The van der Waals surface area contributed by atoms with Crippen molar-refractivity contribution in [1.82, 2.24) is 4.90 Å². The highest BCUT2D eigenvalue weighted by Crippen LogP contribution is 2.38. The molecule has 22 heavy (non-hydrogen) atoms. The van der Waals surface area contributed by atoms with Crippen LogP contribution in [0.5, 0.6) is 0 Å². The average molecular weight is 323 g/mol. The highest BCUT2D eigenvalue weighted by atomic mass is 32.2. The number of ketones is 1. The number of carbonyl (C=O) groups is 2. The molecule has 0 spiro atoms. The normalized spacial score (nSPS) is 25.9. The lowest BCUT2D eigenvalue weighted by molar-refractivity contribution is -0.117. The Kier molecular flexibility index (Phi) is 4.47. The van der Waals surface area contributed by atoms with Gasteiger partial charge in [0, 0.05) is 25.1 Å². The first-order valence-corrected chi connectivity index (χ1v) is 8.74. The van der Waals surface area contributed by atoms with Crippen LogP contribution in [0.2, 0.25) is 0 Å². The van der Waals surface area contributed by atoms with E-state index in [2.05, 4.69) is 0 Å². The molecule has 0 aromatic rings. The molecule has 2 aliphatic heterocycles. The van der Waals surface area contributed by atoms with Crippen molar-refractivity contribution in [2.24, 2.45) is 5.92 Å². The minimum Gasteiger partial charge on any atom is -0.496 e. The monoisotopic (exact) mass is 323 g/mol. The Morgan fingerprint density at radius 2 is 2.18 bits per heavy atom. The van der Waals surface area contributed by atoms with Crippen LogP contribution >= 0.6 is 11.8 Å². The minimum atomic E-state index is -0.824. The van der Waals surface area contributed by atoms with E-state index in [1.165, 1.54) is 10.5 Å². The van der Waals surface area contributed by atoms with E-state index in [1.54, 1.807) is 18.0 Å². The van der Waals surface area contributed by atoms with Crippen molar-refractivity contribution in [3.05, 3.63) is 23.0 Å². The van der Waals surface area contributed by atoms with Gasteiger partial charge < -0.3 is 14.7 Å². The highest BCUT2D eigenvalue weighted by molar-refractivity contribution is 8.00. The Morgan fingerprint density at radius 3 is 2.86 bits per heavy atom. The van der Waals surface area contributed by atoms with Gasteiger partial charge in [-0.05, 0) is 42.6 Å². The molecule has 1 N–H and O–H groups in total. The van der Waals surface area contributed by atoms with Gasteiger partial charge in [0.1, 0.15) is 6.61 Å². The second-order valence-electron chi connectivity index (χ2n) is 6.19. The summed E-state index contributed by atoms with van der Waals surface area (Å²) in [5, 5.41) is 8.92. The Morgan fingerprint density at radius 1 is 1.45 bits per heavy atom. The minimum absolute atomic E-state index is 0.0497. The molecule has 1 unspecified atom stereocenters. The van der Waals surface area contributed by atoms with Gasteiger partial charge in [-0.2, -0.15) is 0 Å². The zero-order valence-electron chi connectivity index (χ0n) is 12.7. The molecule has 3 aliphatic rings. The largest absolute Gasteiger partial charge is 0.496 e. The average Bonchev–Trinajstić information content (AvgIpc) is 2.96. The number of carbonyl (C=O) groups excluding carboxylic acids is 1. The van der Waals surface area contributed by atoms with Crippen LogP contribution in [0.1, 0.15) is 26.2 Å². The van der Waals surface area contributed by atoms with Crippen molar-refractivity contribution >= 4 is 23.6 Å². The lowest BCUT2D eigenvalue weighted by atomic mass is 9.89. The molecule has 0 saturated carbocycles. The van der Waals surface area contributed by atoms with Gasteiger partial charge in [0.05, 0.1) is 11.5 Å². The summed E-state index contributed by atoms with van der Waals surface area (Å²) in [6, 6.07) is 0. The van der Waals surface area contributed by atoms with Gasteiger partial charge in [0.2, 0.25) is 0 Å². The SMILES string of the molecule is CC1=C2COC=C2CC(=O)C1SCC1CCN(C(=O)O)CC1. The van der Waals surface area contributed by atoms with Gasteiger partial charge >= 0.3 is 6.09 Å². The Hall–Kier alpha value is -1.43. The number of carboxylic acid groups (broad SMARTS) is 1. The number of piperidine rings is 1. The molecule has 0 aromatic heterocycles. The van der Waals surface area contributed by atoms with Crippen molar-refractivity contribution in [3.8, 4) is 0 Å². The van der Waals surface area contributed by atoms with E-state index in [1.807, 2.05) is 6.92 Å². The number of thioether (sulfide) groups is 1. The number of fused-ring (bicyclic) bond motifs is 1. The van der Waals surface area contributed by atoms with Crippen molar-refractivity contribution in [1.29, 1.82) is 0 Å². The van der Waals surface area contributed by atoms with Crippen LogP contribution in [0.4, 0.5) is 4.79 Å². The quantitative estimate of drug-likeness (QED) is 0.865. The van der Waals surface area contributed by atoms with Gasteiger partial charge in [-0.15, -0.1) is 11.8 Å². The highest BCUT2D eigenvalue weighted by Gasteiger charge is 2.33. The summed E-state index contributed by atoms with van der Waals surface area (Å²) in [5.74, 6) is 1.70. The fraction of sp³-hybridized carbons (Fsp3) is 0.625. The molecule has 0 aromatic carbocycles. The number of likely N-dealkylation sites (tertiary alicyclic amines) is 1. The Bertz CT molecular complexity index is 546. The predicted octanol–water partition coefficient (Wildman–Crippen LogP) is 2.68. The number of rotatable bonds is 3. The van der Waals surface area contributed by atoms with Crippen molar-refractivity contribution in [3.63, 3.8) is 0 Å². The molecule has 0 bridgehead atoms. The third kappa shape index (κ3) is 3.02. The summed E-state index contributed by atoms with van der Waals surface area (Å²) in [7, 11) is 0. The van der Waals surface area contributed by atoms with Crippen LogP contribution < -0.4 is 0 Å². The van der Waals surface area contributed by atoms with Crippen LogP contribution in [-0.4, -0.2) is 52.6 Å². The predicted molar refractivity (Wildman–Crippen MR) is 84.9 cm³/mol. The first kappa shape index (κ1) is 15.5. The first-order valence-electron chi connectivity index (χ1n) is 7.69. The van der Waals surface area contributed by atoms with Gasteiger partial charge in [-0.25, -0.2) is 4.79 Å². The first-order chi connectivity index (χ1) is 10.6. The number of Topliss-reactive ketones (excluding diaryl/α,β-unsaturated/α-hetero) is 1. The fourth-order valence-electron chi connectivity index (χ4n) is 3.33. The maximum atomic E-state index is 12.3. The third-order valence-electron chi connectivity index (χ3n) is 4.75. The molecule has 3 rings (SSSR count). The molecule has 1 atom stereocenters. The van der Waals surface area contributed by atoms with E-state index in [9.17, 15) is 9.59 Å². The van der Waals surface area contributed by atoms with Crippen molar-refractivity contribution in [2.45, 2.75) is 31.4 Å². The molecular formula is C16H21NO4S. The standard InChI is InChI=1S/C16H21NO4S/c1-10-13-8-21-7-12(13)6-14(18)15(10)22-9-11-2-4-17(5-3-11)16(19)20/h7,11,15H,2-6,8-9H2,1H3,(H,19,20). The van der Waals surface area contributed by atoms with E-state index in [0.29, 0.717) is 32.0 Å². The summed E-state index contributed by atoms with van der Waals surface area (Å²) in [6.45, 7) is 3.86. The van der Waals surface area contributed by atoms with E-state index < -0.39 is 6.09 Å². The number of nitrogens with zero attached hydrogens (tertiary/aromatic N) is 1. The number of hydrogen-bond acceptors (Lipinski definition) is 4. The molecule has 1 saturated heterocycles. The molecule has 120 valence electrons. The molecule has 2 heterocycles. The smallest absolute Gasteiger partial charge is 0.407 e. The van der Waals surface area contributed by atoms with Gasteiger partial charge in [0.15, 0.2) is 5.78 Å². The molecular weight excluding hydrogens is 302 g/mol. The van der Waals surface area contributed by atoms with E-state index in [4.69, 9.17) is 9.84 Å². The summed E-state index contributed by atoms with van der Waals surface area (Å²) < 4.78 is 5.34. The zero-order chi connectivity index (χ0) is 15.7. The number of amides is 1. The Labute approximate surface area is 134 Å². The van der Waals surface area contributed by atoms with Crippen LogP contribution in [0, 0.1) is 5.92 Å². The topological polar surface area (TPSA) is 66.8 Å². The molecule has 0 radical (unpaired) electrons. The van der Waals surface area contributed by atoms with Crippen molar-refractivity contribution in [2.75, 3.05) is 25.4 Å². The number of hydrogen-bond donors (Lipinski definition) is 1. The van der Waals surface area contributed by atoms with Crippen LogP contribution in [-0.2, 0) is 9.53 Å². The molecule has 1 aliphatic carbocycles. The fourth-order valence-corrected chi connectivity index (χ4v) is 4.79. The maximum absolute atomic E-state index is 12.3. The van der Waals surface area contributed by atoms with Crippen LogP contribution in [0.3, 0.4) is 0 Å². The summed E-state index contributed by atoms with van der Waals surface area (Å²) in [6.07, 6.45) is 3.17. The van der Waals surface area contributed by atoms with E-state index in [0.717, 1.165) is 29.7 Å².